The Hall–Kier alpha value is -1.36. The van der Waals surface area contributed by atoms with Gasteiger partial charge in [0, 0.05) is 44.8 Å². The van der Waals surface area contributed by atoms with E-state index in [9.17, 15) is 0 Å². The third kappa shape index (κ3) is 2.97. The molecule has 106 valence electrons. The van der Waals surface area contributed by atoms with Crippen molar-refractivity contribution in [2.75, 3.05) is 43.4 Å². The third-order valence-electron chi connectivity index (χ3n) is 3.81. The maximum absolute atomic E-state index is 4.63. The maximum Gasteiger partial charge on any atom is 0.137 e. The van der Waals surface area contributed by atoms with Crippen LogP contribution >= 0.6 is 0 Å². The first kappa shape index (κ1) is 14.1. The molecule has 1 aromatic heterocycles. The zero-order valence-corrected chi connectivity index (χ0v) is 12.7. The predicted molar refractivity (Wildman–Crippen MR) is 80.0 cm³/mol. The first-order valence-electron chi connectivity index (χ1n) is 7.05. The molecule has 1 aliphatic heterocycles. The smallest absolute Gasteiger partial charge is 0.137 e. The minimum absolute atomic E-state index is 0.628. The van der Waals surface area contributed by atoms with Crippen molar-refractivity contribution in [3.8, 4) is 0 Å². The van der Waals surface area contributed by atoms with E-state index >= 15 is 0 Å². The third-order valence-corrected chi connectivity index (χ3v) is 3.81. The van der Waals surface area contributed by atoms with Crippen LogP contribution < -0.4 is 10.2 Å². The molecule has 1 aliphatic rings. The van der Waals surface area contributed by atoms with Crippen molar-refractivity contribution >= 4 is 11.6 Å². The normalized spacial score (nSPS) is 17.1. The number of rotatable bonds is 3. The Morgan fingerprint density at radius 3 is 2.21 bits per heavy atom. The van der Waals surface area contributed by atoms with Crippen molar-refractivity contribution in [2.45, 2.75) is 33.7 Å². The number of hydrogen-bond acceptors (Lipinski definition) is 5. The van der Waals surface area contributed by atoms with Gasteiger partial charge in [0.15, 0.2) is 0 Å². The van der Waals surface area contributed by atoms with Crippen LogP contribution in [0.25, 0.3) is 0 Å². The van der Waals surface area contributed by atoms with Crippen LogP contribution in [-0.2, 0) is 0 Å². The highest BCUT2D eigenvalue weighted by Gasteiger charge is 2.22. The van der Waals surface area contributed by atoms with Gasteiger partial charge < -0.3 is 10.2 Å². The summed E-state index contributed by atoms with van der Waals surface area (Å²) in [5, 5.41) is 3.15. The fourth-order valence-electron chi connectivity index (χ4n) is 2.62. The molecular weight excluding hydrogens is 238 g/mol. The summed E-state index contributed by atoms with van der Waals surface area (Å²) in [6.07, 6.45) is 0. The van der Waals surface area contributed by atoms with Gasteiger partial charge in [0.25, 0.3) is 0 Å². The number of piperazine rings is 1. The fourth-order valence-corrected chi connectivity index (χ4v) is 2.62. The molecule has 1 aromatic rings. The monoisotopic (exact) mass is 263 g/mol. The summed E-state index contributed by atoms with van der Waals surface area (Å²) in [5.41, 5.74) is 1.14. The summed E-state index contributed by atoms with van der Waals surface area (Å²) in [6, 6.07) is 0.628. The van der Waals surface area contributed by atoms with Crippen LogP contribution in [0.15, 0.2) is 0 Å². The number of aromatic nitrogens is 2. The van der Waals surface area contributed by atoms with Crippen LogP contribution in [0.2, 0.25) is 0 Å². The summed E-state index contributed by atoms with van der Waals surface area (Å²) in [4.78, 5) is 14.0. The van der Waals surface area contributed by atoms with Gasteiger partial charge in [-0.1, -0.05) is 0 Å². The molecule has 0 atom stereocenters. The molecule has 0 aromatic carbocycles. The zero-order chi connectivity index (χ0) is 14.0. The Morgan fingerprint density at radius 1 is 1.05 bits per heavy atom. The molecule has 0 spiro atoms. The number of anilines is 2. The average Bonchev–Trinajstić information content (AvgIpc) is 2.41. The van der Waals surface area contributed by atoms with Gasteiger partial charge >= 0.3 is 0 Å². The number of nitrogens with zero attached hydrogens (tertiary/aromatic N) is 4. The molecule has 5 heteroatoms. The Bertz CT molecular complexity index is 436. The molecule has 0 aliphatic carbocycles. The summed E-state index contributed by atoms with van der Waals surface area (Å²) < 4.78 is 0. The molecule has 0 unspecified atom stereocenters. The van der Waals surface area contributed by atoms with Gasteiger partial charge in [-0.25, -0.2) is 9.97 Å². The van der Waals surface area contributed by atoms with E-state index in [2.05, 4.69) is 45.9 Å². The van der Waals surface area contributed by atoms with E-state index in [1.165, 1.54) is 0 Å². The highest BCUT2D eigenvalue weighted by atomic mass is 15.3. The van der Waals surface area contributed by atoms with Crippen LogP contribution in [0.1, 0.15) is 25.2 Å². The minimum atomic E-state index is 0.628. The van der Waals surface area contributed by atoms with Crippen molar-refractivity contribution < 1.29 is 0 Å². The first-order valence-corrected chi connectivity index (χ1v) is 7.05. The van der Waals surface area contributed by atoms with E-state index in [0.29, 0.717) is 6.04 Å². The van der Waals surface area contributed by atoms with Crippen molar-refractivity contribution in [1.29, 1.82) is 0 Å². The SMILES string of the molecule is CNc1nc(C)nc(N2CCN(C(C)C)CC2)c1C. The van der Waals surface area contributed by atoms with Crippen LogP contribution in [-0.4, -0.2) is 54.1 Å². The van der Waals surface area contributed by atoms with Gasteiger partial charge in [0.2, 0.25) is 0 Å². The van der Waals surface area contributed by atoms with Crippen molar-refractivity contribution in [3.05, 3.63) is 11.4 Å². The summed E-state index contributed by atoms with van der Waals surface area (Å²) in [6.45, 7) is 12.9. The molecule has 0 amide bonds. The van der Waals surface area contributed by atoms with E-state index in [-0.39, 0.29) is 0 Å². The Labute approximate surface area is 116 Å². The number of aryl methyl sites for hydroxylation is 1. The fraction of sp³-hybridized carbons (Fsp3) is 0.714. The second-order valence-electron chi connectivity index (χ2n) is 5.43. The van der Waals surface area contributed by atoms with E-state index in [1.807, 2.05) is 14.0 Å². The summed E-state index contributed by atoms with van der Waals surface area (Å²) in [5.74, 6) is 2.85. The second kappa shape index (κ2) is 5.74. The standard InChI is InChI=1S/C14H25N5/c1-10(2)18-6-8-19(9-7-18)14-11(3)13(15-5)16-12(4)17-14/h10H,6-9H2,1-5H3,(H,15,16,17). The molecule has 0 radical (unpaired) electrons. The Kier molecular flexibility index (Phi) is 4.24. The van der Waals surface area contributed by atoms with Gasteiger partial charge in [-0.2, -0.15) is 0 Å². The second-order valence-corrected chi connectivity index (χ2v) is 5.43. The number of nitrogens with one attached hydrogen (secondary N) is 1. The van der Waals surface area contributed by atoms with Gasteiger partial charge in [-0.15, -0.1) is 0 Å². The molecule has 1 fully saturated rings. The van der Waals surface area contributed by atoms with Crippen molar-refractivity contribution in [1.82, 2.24) is 14.9 Å². The van der Waals surface area contributed by atoms with E-state index in [4.69, 9.17) is 0 Å². The summed E-state index contributed by atoms with van der Waals surface area (Å²) in [7, 11) is 1.91. The molecule has 2 rings (SSSR count). The summed E-state index contributed by atoms with van der Waals surface area (Å²) >= 11 is 0. The highest BCUT2D eigenvalue weighted by molar-refractivity contribution is 5.58. The minimum Gasteiger partial charge on any atom is -0.373 e. The Morgan fingerprint density at radius 2 is 1.68 bits per heavy atom. The van der Waals surface area contributed by atoms with Gasteiger partial charge in [0.05, 0.1) is 0 Å². The van der Waals surface area contributed by atoms with Crippen LogP contribution in [0.4, 0.5) is 11.6 Å². The lowest BCUT2D eigenvalue weighted by molar-refractivity contribution is 0.209. The van der Waals surface area contributed by atoms with Crippen LogP contribution in [0, 0.1) is 13.8 Å². The molecule has 2 heterocycles. The maximum atomic E-state index is 4.63. The van der Waals surface area contributed by atoms with Gasteiger partial charge in [-0.05, 0) is 27.7 Å². The van der Waals surface area contributed by atoms with Gasteiger partial charge in [0.1, 0.15) is 17.5 Å². The van der Waals surface area contributed by atoms with Crippen LogP contribution in [0.5, 0.6) is 0 Å². The van der Waals surface area contributed by atoms with Crippen LogP contribution in [0.3, 0.4) is 0 Å². The topological polar surface area (TPSA) is 44.3 Å². The lowest BCUT2D eigenvalue weighted by Crippen LogP contribution is -2.49. The molecule has 0 bridgehead atoms. The molecule has 19 heavy (non-hydrogen) atoms. The highest BCUT2D eigenvalue weighted by Crippen LogP contribution is 2.24. The molecule has 0 saturated carbocycles. The van der Waals surface area contributed by atoms with E-state index < -0.39 is 0 Å². The first-order chi connectivity index (χ1) is 9.02. The predicted octanol–water partition coefficient (Wildman–Crippen LogP) is 1.67. The lowest BCUT2D eigenvalue weighted by atomic mass is 10.2. The van der Waals surface area contributed by atoms with E-state index in [0.717, 1.165) is 49.2 Å². The van der Waals surface area contributed by atoms with E-state index in [1.54, 1.807) is 0 Å². The quantitative estimate of drug-likeness (QED) is 0.898. The lowest BCUT2D eigenvalue weighted by Gasteiger charge is -2.38. The number of hydrogen-bond donors (Lipinski definition) is 1. The molecular formula is C14H25N5. The largest absolute Gasteiger partial charge is 0.373 e. The Balaban J connectivity index is 2.17. The molecule has 5 nitrogen and oxygen atoms in total. The molecule has 1 saturated heterocycles. The van der Waals surface area contributed by atoms with Crippen molar-refractivity contribution in [2.24, 2.45) is 0 Å². The van der Waals surface area contributed by atoms with Crippen molar-refractivity contribution in [3.63, 3.8) is 0 Å². The zero-order valence-electron chi connectivity index (χ0n) is 12.7. The average molecular weight is 263 g/mol. The molecule has 1 N–H and O–H groups in total. The van der Waals surface area contributed by atoms with Gasteiger partial charge in [-0.3, -0.25) is 4.90 Å².